The first kappa shape index (κ1) is 18.3. The molecular weight excluding hydrogens is 298 g/mol. The van der Waals surface area contributed by atoms with Gasteiger partial charge in [-0.2, -0.15) is 0 Å². The van der Waals surface area contributed by atoms with Crippen molar-refractivity contribution in [1.29, 1.82) is 5.41 Å². The molecule has 4 heteroatoms. The van der Waals surface area contributed by atoms with Crippen LogP contribution in [0.25, 0.3) is 0 Å². The number of nitrogens with one attached hydrogen (secondary N) is 1. The number of amidine groups is 1. The van der Waals surface area contributed by atoms with E-state index in [1.807, 2.05) is 37.3 Å². The fraction of sp³-hybridized carbons (Fsp3) is 0.450. The van der Waals surface area contributed by atoms with Crippen molar-refractivity contribution in [1.82, 2.24) is 9.80 Å². The average molecular weight is 327 g/mol. The normalized spacial score (nSPS) is 15.7. The summed E-state index contributed by atoms with van der Waals surface area (Å²) in [6.45, 7) is 13.5. The molecule has 24 heavy (non-hydrogen) atoms. The fourth-order valence-electron chi connectivity index (χ4n) is 2.93. The number of hydrogen-bond acceptors (Lipinski definition) is 3. The summed E-state index contributed by atoms with van der Waals surface area (Å²) < 4.78 is 5.55. The fourth-order valence-corrected chi connectivity index (χ4v) is 2.93. The minimum Gasteiger partial charge on any atom is -0.494 e. The van der Waals surface area contributed by atoms with E-state index < -0.39 is 0 Å². The number of rotatable bonds is 7. The number of allylic oxidation sites excluding steroid dienone is 2. The Labute approximate surface area is 145 Å². The third kappa shape index (κ3) is 5.24. The molecule has 0 unspecified atom stereocenters. The molecule has 0 aliphatic carbocycles. The largest absolute Gasteiger partial charge is 0.494 e. The van der Waals surface area contributed by atoms with Gasteiger partial charge < -0.3 is 9.64 Å². The minimum absolute atomic E-state index is 0.652. The van der Waals surface area contributed by atoms with Gasteiger partial charge in [0.2, 0.25) is 0 Å². The van der Waals surface area contributed by atoms with Crippen LogP contribution in [0.15, 0.2) is 48.8 Å². The van der Waals surface area contributed by atoms with E-state index in [4.69, 9.17) is 10.1 Å². The highest BCUT2D eigenvalue weighted by Crippen LogP contribution is 2.13. The van der Waals surface area contributed by atoms with Gasteiger partial charge in [0.15, 0.2) is 0 Å². The van der Waals surface area contributed by atoms with Crippen LogP contribution in [-0.2, 0) is 4.74 Å². The monoisotopic (exact) mass is 327 g/mol. The van der Waals surface area contributed by atoms with Crippen LogP contribution < -0.4 is 0 Å². The number of hydrogen-bond donors (Lipinski definition) is 1. The van der Waals surface area contributed by atoms with Crippen molar-refractivity contribution in [3.8, 4) is 0 Å². The molecule has 1 saturated heterocycles. The van der Waals surface area contributed by atoms with Gasteiger partial charge in [-0.1, -0.05) is 36.9 Å². The van der Waals surface area contributed by atoms with E-state index >= 15 is 0 Å². The van der Waals surface area contributed by atoms with Crippen molar-refractivity contribution in [3.05, 3.63) is 59.9 Å². The Hall–Kier alpha value is -2.07. The molecule has 1 aromatic rings. The number of aryl methyl sites for hydroxylation is 1. The van der Waals surface area contributed by atoms with Gasteiger partial charge in [0.1, 0.15) is 11.6 Å². The number of nitrogens with zero attached hydrogens (tertiary/aromatic N) is 2. The van der Waals surface area contributed by atoms with Crippen molar-refractivity contribution < 1.29 is 4.74 Å². The maximum atomic E-state index is 8.46. The van der Waals surface area contributed by atoms with Gasteiger partial charge >= 0.3 is 0 Å². The summed E-state index contributed by atoms with van der Waals surface area (Å²) in [6.07, 6.45) is 4.83. The molecule has 1 fully saturated rings. The van der Waals surface area contributed by atoms with Crippen molar-refractivity contribution in [2.24, 2.45) is 0 Å². The van der Waals surface area contributed by atoms with E-state index in [0.29, 0.717) is 12.4 Å². The first-order chi connectivity index (χ1) is 11.6. The van der Waals surface area contributed by atoms with Crippen LogP contribution in [0.2, 0.25) is 0 Å². The molecule has 1 N–H and O–H groups in total. The Morgan fingerprint density at radius 3 is 2.62 bits per heavy atom. The third-order valence-electron chi connectivity index (χ3n) is 4.35. The molecule has 1 heterocycles. The maximum Gasteiger partial charge on any atom is 0.128 e. The molecule has 1 aromatic carbocycles. The molecule has 0 aromatic heterocycles. The van der Waals surface area contributed by atoms with E-state index in [1.165, 1.54) is 5.56 Å². The SMILES string of the molecule is C=C(/C=C\C)OCCCN1CCN(C(=N)c2ccccc2C)CC1. The zero-order chi connectivity index (χ0) is 17.4. The van der Waals surface area contributed by atoms with Crippen molar-refractivity contribution in [3.63, 3.8) is 0 Å². The Morgan fingerprint density at radius 2 is 1.96 bits per heavy atom. The number of ether oxygens (including phenoxy) is 1. The van der Waals surface area contributed by atoms with Crippen LogP contribution in [0.5, 0.6) is 0 Å². The molecule has 0 saturated carbocycles. The second-order valence-electron chi connectivity index (χ2n) is 6.16. The lowest BCUT2D eigenvalue weighted by molar-refractivity contribution is 0.155. The molecule has 1 aliphatic rings. The Balaban J connectivity index is 1.71. The zero-order valence-electron chi connectivity index (χ0n) is 14.9. The Kier molecular flexibility index (Phi) is 7.07. The lowest BCUT2D eigenvalue weighted by atomic mass is 10.1. The summed E-state index contributed by atoms with van der Waals surface area (Å²) in [7, 11) is 0. The van der Waals surface area contributed by atoms with Crippen molar-refractivity contribution in [2.75, 3.05) is 39.3 Å². The van der Waals surface area contributed by atoms with Gasteiger partial charge in [0, 0.05) is 38.3 Å². The standard InChI is InChI=1S/C20H29N3O/c1-4-8-18(3)24-16-7-11-22-12-14-23(15-13-22)20(21)19-10-6-5-9-17(19)2/h4-6,8-10,21H,3,7,11-16H2,1-2H3/b8-4-,21-20?. The second kappa shape index (κ2) is 9.28. The van der Waals surface area contributed by atoms with E-state index in [2.05, 4.69) is 29.4 Å². The number of piperazine rings is 1. The van der Waals surface area contributed by atoms with Crippen LogP contribution in [0, 0.1) is 12.3 Å². The molecule has 0 bridgehead atoms. The highest BCUT2D eigenvalue weighted by molar-refractivity contribution is 5.97. The molecule has 1 aliphatic heterocycles. The predicted octanol–water partition coefficient (Wildman–Crippen LogP) is 3.43. The van der Waals surface area contributed by atoms with Crippen molar-refractivity contribution >= 4 is 5.84 Å². The lowest BCUT2D eigenvalue weighted by Crippen LogP contribution is -2.49. The van der Waals surface area contributed by atoms with Crippen molar-refractivity contribution in [2.45, 2.75) is 20.3 Å². The van der Waals surface area contributed by atoms with Crippen LogP contribution >= 0.6 is 0 Å². The molecular formula is C20H29N3O. The zero-order valence-corrected chi connectivity index (χ0v) is 14.9. The Bertz CT molecular complexity index is 586. The van der Waals surface area contributed by atoms with Gasteiger partial charge in [0.25, 0.3) is 0 Å². The molecule has 0 atom stereocenters. The van der Waals surface area contributed by atoms with Gasteiger partial charge in [-0.05, 0) is 31.9 Å². The first-order valence-corrected chi connectivity index (χ1v) is 8.68. The summed E-state index contributed by atoms with van der Waals surface area (Å²) >= 11 is 0. The maximum absolute atomic E-state index is 8.46. The van der Waals surface area contributed by atoms with Crippen LogP contribution in [0.4, 0.5) is 0 Å². The van der Waals surface area contributed by atoms with Gasteiger partial charge in [-0.25, -0.2) is 0 Å². The second-order valence-corrected chi connectivity index (χ2v) is 6.16. The third-order valence-corrected chi connectivity index (χ3v) is 4.35. The smallest absolute Gasteiger partial charge is 0.128 e. The molecule has 130 valence electrons. The first-order valence-electron chi connectivity index (χ1n) is 8.68. The van der Waals surface area contributed by atoms with E-state index in [-0.39, 0.29) is 0 Å². The van der Waals surface area contributed by atoms with E-state index in [0.717, 1.165) is 50.5 Å². The van der Waals surface area contributed by atoms with Crippen LogP contribution in [0.1, 0.15) is 24.5 Å². The molecule has 2 rings (SSSR count). The summed E-state index contributed by atoms with van der Waals surface area (Å²) in [5.41, 5.74) is 2.21. The Morgan fingerprint density at radius 1 is 1.25 bits per heavy atom. The summed E-state index contributed by atoms with van der Waals surface area (Å²) in [5, 5.41) is 8.46. The molecule has 0 amide bonds. The topological polar surface area (TPSA) is 39.6 Å². The highest BCUT2D eigenvalue weighted by atomic mass is 16.5. The van der Waals surface area contributed by atoms with E-state index in [9.17, 15) is 0 Å². The van der Waals surface area contributed by atoms with Crippen LogP contribution in [0.3, 0.4) is 0 Å². The van der Waals surface area contributed by atoms with Gasteiger partial charge in [0.05, 0.1) is 6.61 Å². The summed E-state index contributed by atoms with van der Waals surface area (Å²) in [5.74, 6) is 1.38. The number of benzene rings is 1. The quantitative estimate of drug-likeness (QED) is 0.274. The molecule has 0 radical (unpaired) electrons. The summed E-state index contributed by atoms with van der Waals surface area (Å²) in [4.78, 5) is 4.63. The van der Waals surface area contributed by atoms with Crippen LogP contribution in [-0.4, -0.2) is 55.0 Å². The van der Waals surface area contributed by atoms with Gasteiger partial charge in [-0.15, -0.1) is 0 Å². The molecule has 4 nitrogen and oxygen atoms in total. The average Bonchev–Trinajstić information content (AvgIpc) is 2.59. The lowest BCUT2D eigenvalue weighted by Gasteiger charge is -2.36. The predicted molar refractivity (Wildman–Crippen MR) is 101 cm³/mol. The minimum atomic E-state index is 0.652. The molecule has 0 spiro atoms. The highest BCUT2D eigenvalue weighted by Gasteiger charge is 2.20. The van der Waals surface area contributed by atoms with E-state index in [1.54, 1.807) is 0 Å². The van der Waals surface area contributed by atoms with Gasteiger partial charge in [-0.3, -0.25) is 10.3 Å². The summed E-state index contributed by atoms with van der Waals surface area (Å²) in [6, 6.07) is 8.15.